The van der Waals surface area contributed by atoms with Crippen LogP contribution >= 0.6 is 11.6 Å². The molecule has 2 heterocycles. The molecule has 0 saturated carbocycles. The summed E-state index contributed by atoms with van der Waals surface area (Å²) in [5.74, 6) is -0.402. The lowest BCUT2D eigenvalue weighted by Crippen LogP contribution is -2.43. The van der Waals surface area contributed by atoms with Gasteiger partial charge in [0, 0.05) is 17.0 Å². The highest BCUT2D eigenvalue weighted by Crippen LogP contribution is 2.26. The summed E-state index contributed by atoms with van der Waals surface area (Å²) in [6.07, 6.45) is 0.752. The van der Waals surface area contributed by atoms with E-state index in [9.17, 15) is 14.4 Å². The third kappa shape index (κ3) is 3.64. The maximum absolute atomic E-state index is 13.3. The normalized spacial score (nSPS) is 11.3. The number of fused-ring (bicyclic) bond motifs is 3. The number of nitrogens with zero attached hydrogens (tertiary/aromatic N) is 2. The molecule has 0 bridgehead atoms. The number of halogens is 1. The summed E-state index contributed by atoms with van der Waals surface area (Å²) < 4.78 is 8.17. The van der Waals surface area contributed by atoms with Crippen molar-refractivity contribution in [3.8, 4) is 0 Å². The van der Waals surface area contributed by atoms with Gasteiger partial charge in [-0.1, -0.05) is 42.8 Å². The van der Waals surface area contributed by atoms with E-state index in [-0.39, 0.29) is 18.7 Å². The van der Waals surface area contributed by atoms with Crippen molar-refractivity contribution >= 4 is 39.6 Å². The molecular weight excluding hydrogens is 406 g/mol. The zero-order valence-electron chi connectivity index (χ0n) is 16.4. The summed E-state index contributed by atoms with van der Waals surface area (Å²) in [7, 11) is 0. The Hall–Kier alpha value is -3.32. The number of hydrogen-bond donors (Lipinski definition) is 1. The predicted molar refractivity (Wildman–Crippen MR) is 116 cm³/mol. The summed E-state index contributed by atoms with van der Waals surface area (Å²) in [6.45, 7) is 2.19. The second kappa shape index (κ2) is 8.20. The van der Waals surface area contributed by atoms with E-state index in [2.05, 4.69) is 5.32 Å². The number of amides is 1. The Morgan fingerprint density at radius 2 is 1.90 bits per heavy atom. The lowest BCUT2D eigenvalue weighted by molar-refractivity contribution is -0.121. The van der Waals surface area contributed by atoms with Crippen molar-refractivity contribution in [1.82, 2.24) is 14.5 Å². The van der Waals surface area contributed by atoms with Crippen LogP contribution in [0.5, 0.6) is 0 Å². The van der Waals surface area contributed by atoms with E-state index in [1.807, 2.05) is 19.1 Å². The van der Waals surface area contributed by atoms with Crippen LogP contribution in [-0.2, 0) is 17.9 Å². The minimum atomic E-state index is -0.625. The number of hydrogen-bond acceptors (Lipinski definition) is 4. The largest absolute Gasteiger partial charge is 0.449 e. The molecule has 4 rings (SSSR count). The SMILES string of the molecule is CCCNC(=O)Cn1c(=O)c2oc3ccccc3c2n(Cc2cccc(Cl)c2)c1=O. The monoisotopic (exact) mass is 425 g/mol. The highest BCUT2D eigenvalue weighted by molar-refractivity contribution is 6.30. The topological polar surface area (TPSA) is 86.2 Å². The van der Waals surface area contributed by atoms with Crippen LogP contribution in [0.2, 0.25) is 5.02 Å². The van der Waals surface area contributed by atoms with E-state index in [1.165, 1.54) is 4.57 Å². The van der Waals surface area contributed by atoms with Crippen molar-refractivity contribution in [1.29, 1.82) is 0 Å². The quantitative estimate of drug-likeness (QED) is 0.514. The number of rotatable bonds is 6. The molecule has 7 nitrogen and oxygen atoms in total. The first-order valence-electron chi connectivity index (χ1n) is 9.65. The van der Waals surface area contributed by atoms with Gasteiger partial charge in [0.2, 0.25) is 11.5 Å². The molecular formula is C22H20ClN3O4. The van der Waals surface area contributed by atoms with Gasteiger partial charge >= 0.3 is 5.69 Å². The fraction of sp³-hybridized carbons (Fsp3) is 0.227. The minimum absolute atomic E-state index is 0.0427. The summed E-state index contributed by atoms with van der Waals surface area (Å²) >= 11 is 6.10. The molecule has 2 aromatic carbocycles. The van der Waals surface area contributed by atoms with Gasteiger partial charge in [-0.15, -0.1) is 0 Å². The standard InChI is InChI=1S/C22H20ClN3O4/c1-2-10-24-18(27)13-26-21(28)20-19(16-8-3-4-9-17(16)30-20)25(22(26)29)12-14-6-5-7-15(23)11-14/h3-9,11H,2,10,12-13H2,1H3,(H,24,27). The average molecular weight is 426 g/mol. The van der Waals surface area contributed by atoms with Gasteiger partial charge in [0.25, 0.3) is 5.56 Å². The van der Waals surface area contributed by atoms with Crippen LogP contribution in [-0.4, -0.2) is 21.6 Å². The highest BCUT2D eigenvalue weighted by atomic mass is 35.5. The van der Waals surface area contributed by atoms with Crippen molar-refractivity contribution in [3.63, 3.8) is 0 Å². The number of furan rings is 1. The number of nitrogens with one attached hydrogen (secondary N) is 1. The van der Waals surface area contributed by atoms with Crippen LogP contribution in [0.3, 0.4) is 0 Å². The van der Waals surface area contributed by atoms with Crippen LogP contribution in [0.25, 0.3) is 22.1 Å². The Bertz CT molecular complexity index is 1370. The van der Waals surface area contributed by atoms with Gasteiger partial charge in [-0.05, 0) is 36.2 Å². The Morgan fingerprint density at radius 3 is 2.67 bits per heavy atom. The van der Waals surface area contributed by atoms with E-state index < -0.39 is 17.2 Å². The molecule has 154 valence electrons. The van der Waals surface area contributed by atoms with Gasteiger partial charge in [-0.3, -0.25) is 14.2 Å². The van der Waals surface area contributed by atoms with Gasteiger partial charge in [-0.25, -0.2) is 9.36 Å². The Kier molecular flexibility index (Phi) is 5.46. The zero-order valence-corrected chi connectivity index (χ0v) is 17.1. The third-order valence-electron chi connectivity index (χ3n) is 4.84. The van der Waals surface area contributed by atoms with Crippen LogP contribution in [0, 0.1) is 0 Å². The van der Waals surface area contributed by atoms with E-state index in [0.717, 1.165) is 16.6 Å². The van der Waals surface area contributed by atoms with E-state index >= 15 is 0 Å². The van der Waals surface area contributed by atoms with Crippen molar-refractivity contribution in [2.45, 2.75) is 26.4 Å². The van der Waals surface area contributed by atoms with Crippen LogP contribution in [0.1, 0.15) is 18.9 Å². The lowest BCUT2D eigenvalue weighted by atomic mass is 10.2. The molecule has 0 saturated heterocycles. The van der Waals surface area contributed by atoms with Gasteiger partial charge in [0.1, 0.15) is 17.6 Å². The molecule has 0 fully saturated rings. The van der Waals surface area contributed by atoms with Crippen LogP contribution in [0.4, 0.5) is 0 Å². The van der Waals surface area contributed by atoms with Gasteiger partial charge < -0.3 is 9.73 Å². The molecule has 0 aliphatic carbocycles. The van der Waals surface area contributed by atoms with Crippen LogP contribution in [0.15, 0.2) is 62.5 Å². The lowest BCUT2D eigenvalue weighted by Gasteiger charge is -2.12. The Labute approximate surface area is 176 Å². The smallest absolute Gasteiger partial charge is 0.332 e. The molecule has 0 spiro atoms. The van der Waals surface area contributed by atoms with Crippen molar-refractivity contribution in [2.24, 2.45) is 0 Å². The first-order chi connectivity index (χ1) is 14.5. The van der Waals surface area contributed by atoms with Crippen molar-refractivity contribution < 1.29 is 9.21 Å². The van der Waals surface area contributed by atoms with Crippen LogP contribution < -0.4 is 16.6 Å². The number of carbonyl (C=O) groups is 1. The summed E-state index contributed by atoms with van der Waals surface area (Å²) in [5.41, 5.74) is 0.534. The van der Waals surface area contributed by atoms with Crippen molar-refractivity contribution in [3.05, 3.63) is 80.0 Å². The number of aromatic nitrogens is 2. The first kappa shape index (κ1) is 20.0. The van der Waals surface area contributed by atoms with Gasteiger partial charge in [-0.2, -0.15) is 0 Å². The second-order valence-electron chi connectivity index (χ2n) is 7.02. The molecule has 1 N–H and O–H groups in total. The van der Waals surface area contributed by atoms with Crippen molar-refractivity contribution in [2.75, 3.05) is 6.54 Å². The molecule has 8 heteroatoms. The highest BCUT2D eigenvalue weighted by Gasteiger charge is 2.21. The van der Waals surface area contributed by atoms with Gasteiger partial charge in [0.15, 0.2) is 0 Å². The fourth-order valence-corrected chi connectivity index (χ4v) is 3.68. The first-order valence-corrected chi connectivity index (χ1v) is 10.0. The molecule has 4 aromatic rings. The third-order valence-corrected chi connectivity index (χ3v) is 5.08. The molecule has 0 unspecified atom stereocenters. The molecule has 0 radical (unpaired) electrons. The molecule has 2 aromatic heterocycles. The minimum Gasteiger partial charge on any atom is -0.449 e. The molecule has 0 aliphatic rings. The maximum Gasteiger partial charge on any atom is 0.332 e. The van der Waals surface area contributed by atoms with E-state index in [1.54, 1.807) is 36.4 Å². The van der Waals surface area contributed by atoms with E-state index in [0.29, 0.717) is 28.1 Å². The second-order valence-corrected chi connectivity index (χ2v) is 7.45. The maximum atomic E-state index is 13.3. The summed E-state index contributed by atoms with van der Waals surface area (Å²) in [4.78, 5) is 38.6. The number of para-hydroxylation sites is 1. The number of benzene rings is 2. The predicted octanol–water partition coefficient (Wildman–Crippen LogP) is 3.14. The average Bonchev–Trinajstić information content (AvgIpc) is 3.12. The van der Waals surface area contributed by atoms with E-state index in [4.69, 9.17) is 16.0 Å². The summed E-state index contributed by atoms with van der Waals surface area (Å²) in [5, 5.41) is 3.89. The molecule has 1 amide bonds. The number of carbonyl (C=O) groups excluding carboxylic acids is 1. The van der Waals surface area contributed by atoms with Gasteiger partial charge in [0.05, 0.1) is 6.54 Å². The molecule has 30 heavy (non-hydrogen) atoms. The molecule has 0 aliphatic heterocycles. The Balaban J connectivity index is 1.95. The Morgan fingerprint density at radius 1 is 1.10 bits per heavy atom. The summed E-state index contributed by atoms with van der Waals surface area (Å²) in [6, 6.07) is 14.3. The zero-order chi connectivity index (χ0) is 21.3. The fourth-order valence-electron chi connectivity index (χ4n) is 3.46. The molecule has 0 atom stereocenters.